The number of rotatable bonds is 6. The molecule has 0 atom stereocenters. The van der Waals surface area contributed by atoms with Crippen LogP contribution >= 0.6 is 22.7 Å². The Bertz CT molecular complexity index is 5650. The van der Waals surface area contributed by atoms with Crippen LogP contribution in [0.15, 0.2) is 291 Å². The zero-order chi connectivity index (χ0) is 56.7. The third-order valence-electron chi connectivity index (χ3n) is 17.0. The number of hydrogen-bond acceptors (Lipinski definition) is 6. The van der Waals surface area contributed by atoms with Crippen LogP contribution in [0.3, 0.4) is 0 Å². The number of benzene rings is 14. The smallest absolute Gasteiger partial charge is 0.0979 e. The van der Waals surface area contributed by atoms with E-state index in [1.165, 1.54) is 106 Å². The van der Waals surface area contributed by atoms with Crippen molar-refractivity contribution in [1.29, 1.82) is 0 Å². The Hall–Kier alpha value is -10.8. The van der Waals surface area contributed by atoms with Crippen molar-refractivity contribution >= 4 is 128 Å². The van der Waals surface area contributed by atoms with Crippen molar-refractivity contribution in [2.45, 2.75) is 0 Å². The van der Waals surface area contributed by atoms with Gasteiger partial charge in [0.2, 0.25) is 0 Å². The Morgan fingerprint density at radius 2 is 0.523 bits per heavy atom. The van der Waals surface area contributed by atoms with E-state index in [1.807, 2.05) is 35.1 Å². The minimum atomic E-state index is 0.877. The van der Waals surface area contributed by atoms with Crippen LogP contribution in [0.4, 0.5) is 0 Å². The normalized spacial score (nSPS) is 11.7. The van der Waals surface area contributed by atoms with Gasteiger partial charge >= 0.3 is 0 Å². The molecule has 4 nitrogen and oxygen atoms in total. The second-order valence-electron chi connectivity index (χ2n) is 22.0. The summed E-state index contributed by atoms with van der Waals surface area (Å²) < 4.78 is 5.32. The van der Waals surface area contributed by atoms with E-state index in [9.17, 15) is 0 Å². The predicted molar refractivity (Wildman–Crippen MR) is 367 cm³/mol. The molecule has 0 fully saturated rings. The van der Waals surface area contributed by atoms with E-state index in [1.54, 1.807) is 0 Å². The van der Waals surface area contributed by atoms with Crippen molar-refractivity contribution in [3.63, 3.8) is 0 Å². The van der Waals surface area contributed by atoms with E-state index in [2.05, 4.69) is 279 Å². The standard InChI is InChI=1S/2C40H24N2S/c1-3-13-33-30(10-1)31-11-2-4-14-34(31)40-39(33)41-24-36(42-40)26-18-16-25(17-19-26)27-8-7-9-28(22-27)29-20-21-38-35(23-29)32-12-5-6-15-37(32)43-38;1-2-10-29(27-21-22-38-35(23-27)32-13-7-8-16-37(32)43-38)28(9-1)25-17-19-26(20-18-25)36-24-41-39-33-14-5-3-11-30(33)31-12-4-6-15-34(31)40(39)42-36/h2*1-24H. The van der Waals surface area contributed by atoms with E-state index in [0.29, 0.717) is 0 Å². The van der Waals surface area contributed by atoms with E-state index in [4.69, 9.17) is 19.9 Å². The van der Waals surface area contributed by atoms with Crippen LogP contribution in [-0.4, -0.2) is 19.9 Å². The zero-order valence-electron chi connectivity index (χ0n) is 46.3. The van der Waals surface area contributed by atoms with Crippen molar-refractivity contribution in [1.82, 2.24) is 19.9 Å². The highest BCUT2D eigenvalue weighted by molar-refractivity contribution is 7.26. The fourth-order valence-corrected chi connectivity index (χ4v) is 15.0. The SMILES string of the molecule is c1cc(-c2ccc(-c3cnc4c5ccccc5c5ccccc5c4n3)cc2)cc(-c2ccc3sc4ccccc4c3c2)c1.c1ccc(-c2ccc3sc4ccccc4c3c2)c(-c2ccc(-c3cnc4c5ccccc5c5ccccc5c4n3)cc2)c1. The van der Waals surface area contributed by atoms with Crippen LogP contribution in [0, 0.1) is 0 Å². The third-order valence-corrected chi connectivity index (χ3v) is 19.4. The summed E-state index contributed by atoms with van der Waals surface area (Å²) in [5.41, 5.74) is 17.3. The van der Waals surface area contributed by atoms with Crippen molar-refractivity contribution in [2.75, 3.05) is 0 Å². The van der Waals surface area contributed by atoms with Gasteiger partial charge in [-0.05, 0) is 109 Å². The van der Waals surface area contributed by atoms with Crippen molar-refractivity contribution in [2.24, 2.45) is 0 Å². The molecule has 0 radical (unpaired) electrons. The van der Waals surface area contributed by atoms with Crippen LogP contribution in [0.1, 0.15) is 0 Å². The Balaban J connectivity index is 0.000000134. The Kier molecular flexibility index (Phi) is 11.9. The molecule has 0 aliphatic heterocycles. The molecular formula is C80H48N4S2. The molecule has 0 N–H and O–H groups in total. The predicted octanol–water partition coefficient (Wildman–Crippen LogP) is 22.6. The summed E-state index contributed by atoms with van der Waals surface area (Å²) in [6, 6.07) is 99.9. The molecule has 0 saturated heterocycles. The molecular weight excluding hydrogens is 1080 g/mol. The maximum Gasteiger partial charge on any atom is 0.0979 e. The van der Waals surface area contributed by atoms with Gasteiger partial charge in [0.25, 0.3) is 0 Å². The minimum absolute atomic E-state index is 0.877. The molecule has 0 amide bonds. The van der Waals surface area contributed by atoms with Gasteiger partial charge in [0.1, 0.15) is 0 Å². The molecule has 6 heteroatoms. The third kappa shape index (κ3) is 8.48. The first kappa shape index (κ1) is 49.8. The van der Waals surface area contributed by atoms with Crippen LogP contribution in [0.2, 0.25) is 0 Å². The van der Waals surface area contributed by atoms with Gasteiger partial charge in [0.05, 0.1) is 45.8 Å². The molecule has 0 aliphatic rings. The number of thiophene rings is 2. The summed E-state index contributed by atoms with van der Waals surface area (Å²) in [5, 5.41) is 14.7. The van der Waals surface area contributed by atoms with E-state index in [-0.39, 0.29) is 0 Å². The van der Waals surface area contributed by atoms with Gasteiger partial charge in [0.15, 0.2) is 0 Å². The van der Waals surface area contributed by atoms with E-state index >= 15 is 0 Å². The molecule has 14 aromatic carbocycles. The molecule has 4 aromatic heterocycles. The van der Waals surface area contributed by atoms with Gasteiger partial charge in [0, 0.05) is 73.0 Å². The number of hydrogen-bond donors (Lipinski definition) is 0. The first-order valence-electron chi connectivity index (χ1n) is 29.0. The molecule has 0 bridgehead atoms. The molecule has 0 aliphatic carbocycles. The zero-order valence-corrected chi connectivity index (χ0v) is 48.0. The molecule has 0 unspecified atom stereocenters. The monoisotopic (exact) mass is 1130 g/mol. The van der Waals surface area contributed by atoms with Crippen LogP contribution in [-0.2, 0) is 0 Å². The Labute approximate surface area is 503 Å². The molecule has 86 heavy (non-hydrogen) atoms. The average Bonchev–Trinajstić information content (AvgIpc) is 1.35. The second kappa shape index (κ2) is 20.5. The summed E-state index contributed by atoms with van der Waals surface area (Å²) >= 11 is 3.71. The molecule has 4 heterocycles. The van der Waals surface area contributed by atoms with Crippen molar-refractivity contribution in [3.05, 3.63) is 291 Å². The summed E-state index contributed by atoms with van der Waals surface area (Å²) in [6.45, 7) is 0. The van der Waals surface area contributed by atoms with Gasteiger partial charge in [-0.2, -0.15) is 0 Å². The maximum absolute atomic E-state index is 5.18. The average molecular weight is 1130 g/mol. The van der Waals surface area contributed by atoms with E-state index < -0.39 is 0 Å². The molecule has 400 valence electrons. The topological polar surface area (TPSA) is 51.6 Å². The number of nitrogens with zero attached hydrogens (tertiary/aromatic N) is 4. The first-order chi connectivity index (χ1) is 42.6. The lowest BCUT2D eigenvalue weighted by molar-refractivity contribution is 1.31. The molecule has 0 saturated carbocycles. The van der Waals surface area contributed by atoms with Gasteiger partial charge in [-0.25, -0.2) is 9.97 Å². The first-order valence-corrected chi connectivity index (χ1v) is 30.6. The fraction of sp³-hybridized carbons (Fsp3) is 0. The lowest BCUT2D eigenvalue weighted by Crippen LogP contribution is -1.92. The second-order valence-corrected chi connectivity index (χ2v) is 24.2. The highest BCUT2D eigenvalue weighted by Crippen LogP contribution is 2.42. The van der Waals surface area contributed by atoms with E-state index in [0.717, 1.165) is 66.1 Å². The summed E-state index contributed by atoms with van der Waals surface area (Å²) in [7, 11) is 0. The lowest BCUT2D eigenvalue weighted by atomic mass is 9.93. The summed E-state index contributed by atoms with van der Waals surface area (Å²) in [5.74, 6) is 0. The van der Waals surface area contributed by atoms with Crippen LogP contribution < -0.4 is 0 Å². The van der Waals surface area contributed by atoms with Crippen LogP contribution in [0.25, 0.3) is 173 Å². The molecule has 0 spiro atoms. The number of aromatic nitrogens is 4. The van der Waals surface area contributed by atoms with Crippen molar-refractivity contribution in [3.8, 4) is 67.0 Å². The lowest BCUT2D eigenvalue weighted by Gasteiger charge is -2.12. The summed E-state index contributed by atoms with van der Waals surface area (Å²) in [6.07, 6.45) is 3.82. The highest BCUT2D eigenvalue weighted by Gasteiger charge is 2.17. The Morgan fingerprint density at radius 1 is 0.198 bits per heavy atom. The van der Waals surface area contributed by atoms with Gasteiger partial charge < -0.3 is 0 Å². The van der Waals surface area contributed by atoms with Gasteiger partial charge in [-0.15, -0.1) is 22.7 Å². The molecule has 18 rings (SSSR count). The quantitative estimate of drug-likeness (QED) is 0.156. The number of fused-ring (bicyclic) bond motifs is 18. The maximum atomic E-state index is 5.18. The molecule has 18 aromatic rings. The summed E-state index contributed by atoms with van der Waals surface area (Å²) in [4.78, 5) is 20.2. The Morgan fingerprint density at radius 3 is 1.01 bits per heavy atom. The minimum Gasteiger partial charge on any atom is -0.252 e. The van der Waals surface area contributed by atoms with Gasteiger partial charge in [-0.1, -0.05) is 237 Å². The van der Waals surface area contributed by atoms with Gasteiger partial charge in [-0.3, -0.25) is 9.97 Å². The highest BCUT2D eigenvalue weighted by atomic mass is 32.1. The van der Waals surface area contributed by atoms with Crippen LogP contribution in [0.5, 0.6) is 0 Å². The fourth-order valence-electron chi connectivity index (χ4n) is 12.8. The largest absolute Gasteiger partial charge is 0.252 e. The van der Waals surface area contributed by atoms with Crippen molar-refractivity contribution < 1.29 is 0 Å².